The van der Waals surface area contributed by atoms with Crippen LogP contribution in [0.4, 0.5) is 0 Å². The van der Waals surface area contributed by atoms with Crippen molar-refractivity contribution < 1.29 is 19.3 Å². The molecule has 6 heteroatoms. The van der Waals surface area contributed by atoms with Crippen LogP contribution in [0.3, 0.4) is 0 Å². The maximum atomic E-state index is 10.2. The van der Waals surface area contributed by atoms with Crippen LogP contribution in [0.2, 0.25) is 0 Å². The van der Waals surface area contributed by atoms with Gasteiger partial charge in [0.15, 0.2) is 11.5 Å². The minimum Gasteiger partial charge on any atom is -0.493 e. The van der Waals surface area contributed by atoms with Gasteiger partial charge in [0.1, 0.15) is 25.1 Å². The Balaban J connectivity index is 1.75. The molecule has 1 atom stereocenters. The molecule has 0 fully saturated rings. The smallest absolute Gasteiger partial charge is 0.161 e. The Hall–Kier alpha value is -2.28. The number of hydrogen-bond acceptors (Lipinski definition) is 6. The number of likely N-dealkylation sites (N-methyl/N-ethyl adjacent to an activating group) is 1. The van der Waals surface area contributed by atoms with E-state index in [-0.39, 0.29) is 6.61 Å². The SMILES string of the molecule is COc1cc(CNCCOc2ccccc2)ccc1OC[C@H](O)CN(C)C(C)C. The monoisotopic (exact) mass is 402 g/mol. The molecule has 0 saturated carbocycles. The highest BCUT2D eigenvalue weighted by Crippen LogP contribution is 2.28. The molecule has 0 unspecified atom stereocenters. The second-order valence-electron chi connectivity index (χ2n) is 7.32. The van der Waals surface area contributed by atoms with Gasteiger partial charge in [0.2, 0.25) is 0 Å². The van der Waals surface area contributed by atoms with Crippen LogP contribution in [0, 0.1) is 0 Å². The minimum atomic E-state index is -0.557. The third-order valence-corrected chi connectivity index (χ3v) is 4.66. The molecule has 0 radical (unpaired) electrons. The van der Waals surface area contributed by atoms with Gasteiger partial charge in [-0.1, -0.05) is 24.3 Å². The van der Waals surface area contributed by atoms with Gasteiger partial charge in [-0.25, -0.2) is 0 Å². The second kappa shape index (κ2) is 12.3. The first-order valence-corrected chi connectivity index (χ1v) is 10.1. The van der Waals surface area contributed by atoms with Crippen molar-refractivity contribution in [3.63, 3.8) is 0 Å². The summed E-state index contributed by atoms with van der Waals surface area (Å²) >= 11 is 0. The van der Waals surface area contributed by atoms with E-state index in [9.17, 15) is 5.11 Å². The molecule has 0 amide bonds. The molecule has 0 bridgehead atoms. The number of nitrogens with zero attached hydrogens (tertiary/aromatic N) is 1. The van der Waals surface area contributed by atoms with Crippen molar-refractivity contribution >= 4 is 0 Å². The van der Waals surface area contributed by atoms with Gasteiger partial charge in [-0.3, -0.25) is 0 Å². The third-order valence-electron chi connectivity index (χ3n) is 4.66. The Bertz CT molecular complexity index is 709. The molecule has 0 aromatic heterocycles. The van der Waals surface area contributed by atoms with E-state index < -0.39 is 6.10 Å². The van der Waals surface area contributed by atoms with E-state index in [0.717, 1.165) is 17.9 Å². The summed E-state index contributed by atoms with van der Waals surface area (Å²) in [5.74, 6) is 2.17. The van der Waals surface area contributed by atoms with E-state index in [1.807, 2.05) is 55.6 Å². The van der Waals surface area contributed by atoms with Gasteiger partial charge in [-0.15, -0.1) is 0 Å². The van der Waals surface area contributed by atoms with Crippen LogP contribution in [-0.2, 0) is 6.54 Å². The molecule has 6 nitrogen and oxygen atoms in total. The number of nitrogens with one attached hydrogen (secondary N) is 1. The molecule has 0 aliphatic carbocycles. The number of aliphatic hydroxyl groups excluding tert-OH is 1. The van der Waals surface area contributed by atoms with Crippen LogP contribution < -0.4 is 19.5 Å². The molecule has 0 spiro atoms. The van der Waals surface area contributed by atoms with E-state index in [4.69, 9.17) is 14.2 Å². The molecule has 2 aromatic carbocycles. The molecule has 29 heavy (non-hydrogen) atoms. The van der Waals surface area contributed by atoms with E-state index in [0.29, 0.717) is 37.2 Å². The molecule has 0 heterocycles. The van der Waals surface area contributed by atoms with E-state index in [1.165, 1.54) is 0 Å². The Morgan fingerprint density at radius 2 is 1.79 bits per heavy atom. The number of methoxy groups -OCH3 is 1. The fraction of sp³-hybridized carbons (Fsp3) is 0.478. The van der Waals surface area contributed by atoms with Gasteiger partial charge in [-0.2, -0.15) is 0 Å². The van der Waals surface area contributed by atoms with Crippen LogP contribution in [0.25, 0.3) is 0 Å². The van der Waals surface area contributed by atoms with Crippen LogP contribution >= 0.6 is 0 Å². The van der Waals surface area contributed by atoms with Crippen molar-refractivity contribution in [2.45, 2.75) is 32.5 Å². The first kappa shape index (κ1) is 23.0. The van der Waals surface area contributed by atoms with Crippen molar-refractivity contribution in [1.29, 1.82) is 0 Å². The Labute approximate surface area is 174 Å². The summed E-state index contributed by atoms with van der Waals surface area (Å²) in [5.41, 5.74) is 1.09. The highest BCUT2D eigenvalue weighted by Gasteiger charge is 2.13. The highest BCUT2D eigenvalue weighted by atomic mass is 16.5. The lowest BCUT2D eigenvalue weighted by Gasteiger charge is -2.24. The van der Waals surface area contributed by atoms with Crippen LogP contribution in [-0.4, -0.2) is 62.6 Å². The molecular formula is C23H34N2O4. The van der Waals surface area contributed by atoms with Gasteiger partial charge < -0.3 is 29.5 Å². The summed E-state index contributed by atoms with van der Waals surface area (Å²) in [6.45, 7) is 7.02. The average Bonchev–Trinajstić information content (AvgIpc) is 2.73. The molecule has 0 aliphatic rings. The zero-order valence-corrected chi connectivity index (χ0v) is 17.9. The lowest BCUT2D eigenvalue weighted by Crippen LogP contribution is -2.36. The molecule has 2 aromatic rings. The summed E-state index contributed by atoms with van der Waals surface area (Å²) < 4.78 is 16.9. The predicted molar refractivity (Wildman–Crippen MR) is 116 cm³/mol. The largest absolute Gasteiger partial charge is 0.493 e. The lowest BCUT2D eigenvalue weighted by atomic mass is 10.2. The van der Waals surface area contributed by atoms with E-state index in [2.05, 4.69) is 24.1 Å². The topological polar surface area (TPSA) is 63.2 Å². The van der Waals surface area contributed by atoms with Gasteiger partial charge >= 0.3 is 0 Å². The maximum absolute atomic E-state index is 10.2. The normalized spacial score (nSPS) is 12.2. The molecular weight excluding hydrogens is 368 g/mol. The summed E-state index contributed by atoms with van der Waals surface area (Å²) in [6.07, 6.45) is -0.557. The Kier molecular flexibility index (Phi) is 9.77. The van der Waals surface area contributed by atoms with Crippen LogP contribution in [0.1, 0.15) is 19.4 Å². The second-order valence-corrected chi connectivity index (χ2v) is 7.32. The Morgan fingerprint density at radius 3 is 2.48 bits per heavy atom. The Morgan fingerprint density at radius 1 is 1.03 bits per heavy atom. The number of aliphatic hydroxyl groups is 1. The summed E-state index contributed by atoms with van der Waals surface area (Å²) in [6, 6.07) is 16.0. The van der Waals surface area contributed by atoms with Crippen molar-refractivity contribution in [3.8, 4) is 17.2 Å². The third kappa shape index (κ3) is 8.31. The average molecular weight is 403 g/mol. The fourth-order valence-corrected chi connectivity index (χ4v) is 2.71. The van der Waals surface area contributed by atoms with E-state index in [1.54, 1.807) is 7.11 Å². The van der Waals surface area contributed by atoms with Crippen molar-refractivity contribution in [1.82, 2.24) is 10.2 Å². The molecule has 2 N–H and O–H groups in total. The number of rotatable bonds is 13. The van der Waals surface area contributed by atoms with Gasteiger partial charge in [0, 0.05) is 25.7 Å². The molecule has 160 valence electrons. The summed E-state index contributed by atoms with van der Waals surface area (Å²) in [4.78, 5) is 2.08. The van der Waals surface area contributed by atoms with E-state index >= 15 is 0 Å². The standard InChI is InChI=1S/C23H34N2O4/c1-18(2)25(3)16-20(26)17-29-22-11-10-19(14-23(22)27-4)15-24-12-13-28-21-8-6-5-7-9-21/h5-11,14,18,20,24,26H,12-13,15-17H2,1-4H3/t20-/m1/s1. The minimum absolute atomic E-state index is 0.224. The first-order chi connectivity index (χ1) is 14.0. The van der Waals surface area contributed by atoms with Crippen LogP contribution in [0.5, 0.6) is 17.2 Å². The summed E-state index contributed by atoms with van der Waals surface area (Å²) in [7, 11) is 3.61. The van der Waals surface area contributed by atoms with Gasteiger partial charge in [0.05, 0.1) is 7.11 Å². The number of benzene rings is 2. The predicted octanol–water partition coefficient (Wildman–Crippen LogP) is 2.94. The van der Waals surface area contributed by atoms with Crippen LogP contribution in [0.15, 0.2) is 48.5 Å². The zero-order valence-electron chi connectivity index (χ0n) is 17.9. The first-order valence-electron chi connectivity index (χ1n) is 10.1. The maximum Gasteiger partial charge on any atom is 0.161 e. The quantitative estimate of drug-likeness (QED) is 0.503. The summed E-state index contributed by atoms with van der Waals surface area (Å²) in [5, 5.41) is 13.5. The van der Waals surface area contributed by atoms with Crippen molar-refractivity contribution in [3.05, 3.63) is 54.1 Å². The number of hydrogen-bond donors (Lipinski definition) is 2. The molecule has 2 rings (SSSR count). The van der Waals surface area contributed by atoms with Crippen molar-refractivity contribution in [2.24, 2.45) is 0 Å². The molecule has 0 aliphatic heterocycles. The highest BCUT2D eigenvalue weighted by molar-refractivity contribution is 5.43. The number of ether oxygens (including phenoxy) is 3. The number of para-hydroxylation sites is 1. The zero-order chi connectivity index (χ0) is 21.1. The lowest BCUT2D eigenvalue weighted by molar-refractivity contribution is 0.0668. The van der Waals surface area contributed by atoms with Gasteiger partial charge in [-0.05, 0) is 50.7 Å². The van der Waals surface area contributed by atoms with Crippen molar-refractivity contribution in [2.75, 3.05) is 40.5 Å². The van der Waals surface area contributed by atoms with Gasteiger partial charge in [0.25, 0.3) is 0 Å². The molecule has 0 saturated heterocycles. The fourth-order valence-electron chi connectivity index (χ4n) is 2.71.